The molecular formula is C24H28FN5O3S. The first-order valence-electron chi connectivity index (χ1n) is 10.8. The van der Waals surface area contributed by atoms with Crippen LogP contribution >= 0.6 is 11.9 Å². The molecule has 0 aliphatic carbocycles. The second-order valence-corrected chi connectivity index (χ2v) is 8.25. The van der Waals surface area contributed by atoms with Crippen LogP contribution in [0.3, 0.4) is 0 Å². The number of para-hydroxylation sites is 1. The van der Waals surface area contributed by atoms with Gasteiger partial charge in [-0.3, -0.25) is 9.29 Å². The molecule has 0 saturated heterocycles. The molecule has 3 rings (SSSR count). The van der Waals surface area contributed by atoms with Gasteiger partial charge < -0.3 is 14.2 Å². The number of rotatable bonds is 13. The number of anilines is 1. The van der Waals surface area contributed by atoms with E-state index in [0.717, 1.165) is 24.2 Å². The van der Waals surface area contributed by atoms with Crippen molar-refractivity contribution in [2.75, 3.05) is 38.4 Å². The molecule has 0 atom stereocenters. The van der Waals surface area contributed by atoms with Gasteiger partial charge in [-0.2, -0.15) is 5.26 Å². The van der Waals surface area contributed by atoms with E-state index in [9.17, 15) is 9.65 Å². The first-order valence-corrected chi connectivity index (χ1v) is 11.8. The highest BCUT2D eigenvalue weighted by Gasteiger charge is 2.21. The van der Waals surface area contributed by atoms with Gasteiger partial charge in [-0.25, -0.2) is 4.39 Å². The van der Waals surface area contributed by atoms with Crippen LogP contribution < -0.4 is 14.2 Å². The van der Waals surface area contributed by atoms with Crippen LogP contribution in [0.1, 0.15) is 29.8 Å². The van der Waals surface area contributed by atoms with Crippen molar-refractivity contribution in [1.82, 2.24) is 14.8 Å². The monoisotopic (exact) mass is 485 g/mol. The molecule has 34 heavy (non-hydrogen) atoms. The van der Waals surface area contributed by atoms with Crippen molar-refractivity contribution in [2.24, 2.45) is 0 Å². The lowest BCUT2D eigenvalue weighted by Gasteiger charge is -2.17. The fourth-order valence-corrected chi connectivity index (χ4v) is 4.19. The normalized spacial score (nSPS) is 10.7. The van der Waals surface area contributed by atoms with Crippen LogP contribution in [-0.4, -0.2) is 48.5 Å². The summed E-state index contributed by atoms with van der Waals surface area (Å²) >= 11 is 1.43. The minimum absolute atomic E-state index is 0.348. The van der Waals surface area contributed by atoms with Crippen LogP contribution in [0.25, 0.3) is 5.69 Å². The Morgan fingerprint density at radius 1 is 1.06 bits per heavy atom. The first kappa shape index (κ1) is 25.3. The van der Waals surface area contributed by atoms with Gasteiger partial charge in [0.25, 0.3) is 0 Å². The Morgan fingerprint density at radius 3 is 2.50 bits per heavy atom. The van der Waals surface area contributed by atoms with Gasteiger partial charge in [-0.15, -0.1) is 10.2 Å². The molecular weight excluding hydrogens is 457 g/mol. The minimum atomic E-state index is -0.414. The predicted molar refractivity (Wildman–Crippen MR) is 130 cm³/mol. The van der Waals surface area contributed by atoms with E-state index >= 15 is 0 Å². The standard InChI is InChI=1S/C24H28FN5O3S/c1-31-13-5-4-9-22-27-28-24(30(22)23-20(32-2)7-6-8-21(23)33-3)29-34-14-12-17-10-11-19(25)15-18(17)16-26/h6-8,10-11,15H,4-5,9,12-14H2,1-3H3,(H,28,29). The summed E-state index contributed by atoms with van der Waals surface area (Å²) in [5.41, 5.74) is 1.86. The maximum atomic E-state index is 13.4. The number of hydrogen-bond acceptors (Lipinski definition) is 8. The molecule has 0 aliphatic heterocycles. The molecule has 0 fully saturated rings. The van der Waals surface area contributed by atoms with Crippen LogP contribution in [0.15, 0.2) is 36.4 Å². The van der Waals surface area contributed by atoms with E-state index in [1.54, 1.807) is 27.4 Å². The van der Waals surface area contributed by atoms with E-state index in [-0.39, 0.29) is 0 Å². The number of nitriles is 1. The molecule has 1 N–H and O–H groups in total. The number of nitrogens with zero attached hydrogens (tertiary/aromatic N) is 4. The molecule has 0 amide bonds. The van der Waals surface area contributed by atoms with Gasteiger partial charge in [0.1, 0.15) is 28.8 Å². The van der Waals surface area contributed by atoms with Crippen molar-refractivity contribution in [1.29, 1.82) is 5.26 Å². The van der Waals surface area contributed by atoms with Gasteiger partial charge in [-0.1, -0.05) is 12.1 Å². The van der Waals surface area contributed by atoms with Crippen LogP contribution in [0.4, 0.5) is 10.3 Å². The maximum absolute atomic E-state index is 13.4. The molecule has 0 spiro atoms. The molecule has 0 bridgehead atoms. The number of halogens is 1. The molecule has 0 unspecified atom stereocenters. The van der Waals surface area contributed by atoms with Crippen molar-refractivity contribution >= 4 is 17.9 Å². The van der Waals surface area contributed by atoms with Crippen molar-refractivity contribution in [3.63, 3.8) is 0 Å². The molecule has 0 saturated carbocycles. The van der Waals surface area contributed by atoms with Crippen LogP contribution in [0.2, 0.25) is 0 Å². The third kappa shape index (κ3) is 6.18. The zero-order chi connectivity index (χ0) is 24.3. The van der Waals surface area contributed by atoms with E-state index in [4.69, 9.17) is 14.2 Å². The van der Waals surface area contributed by atoms with Crippen molar-refractivity contribution in [2.45, 2.75) is 25.7 Å². The number of unbranched alkanes of at least 4 members (excludes halogenated alkanes) is 1. The van der Waals surface area contributed by atoms with Crippen molar-refractivity contribution in [3.8, 4) is 23.3 Å². The lowest BCUT2D eigenvalue weighted by molar-refractivity contribution is 0.192. The summed E-state index contributed by atoms with van der Waals surface area (Å²) in [5, 5.41) is 18.0. The molecule has 180 valence electrons. The summed E-state index contributed by atoms with van der Waals surface area (Å²) in [6.07, 6.45) is 3.09. The summed E-state index contributed by atoms with van der Waals surface area (Å²) in [6.45, 7) is 0.682. The van der Waals surface area contributed by atoms with Crippen LogP contribution in [0.5, 0.6) is 11.5 Å². The van der Waals surface area contributed by atoms with Gasteiger partial charge in [-0.05, 0) is 61.0 Å². The quantitative estimate of drug-likeness (QED) is 0.278. The largest absolute Gasteiger partial charge is 0.494 e. The SMILES string of the molecule is COCCCCc1nnc(NSCCc2ccc(F)cc2C#N)n1-c1c(OC)cccc1OC. The number of ether oxygens (including phenoxy) is 3. The number of hydrogen-bond donors (Lipinski definition) is 1. The highest BCUT2D eigenvalue weighted by atomic mass is 32.2. The number of aromatic nitrogens is 3. The number of benzene rings is 2. The smallest absolute Gasteiger partial charge is 0.239 e. The van der Waals surface area contributed by atoms with Crippen molar-refractivity contribution < 1.29 is 18.6 Å². The average Bonchev–Trinajstić information content (AvgIpc) is 3.26. The van der Waals surface area contributed by atoms with Gasteiger partial charge in [0.2, 0.25) is 5.95 Å². The van der Waals surface area contributed by atoms with Gasteiger partial charge >= 0.3 is 0 Å². The third-order valence-electron chi connectivity index (χ3n) is 5.18. The molecule has 2 aromatic carbocycles. The average molecular weight is 486 g/mol. The Balaban J connectivity index is 1.81. The topological polar surface area (TPSA) is 94.2 Å². The third-order valence-corrected chi connectivity index (χ3v) is 5.92. The Kier molecular flexibility index (Phi) is 9.55. The molecule has 0 radical (unpaired) electrons. The lowest BCUT2D eigenvalue weighted by atomic mass is 10.1. The molecule has 10 heteroatoms. The summed E-state index contributed by atoms with van der Waals surface area (Å²) in [5.74, 6) is 2.80. The molecule has 3 aromatic rings. The maximum Gasteiger partial charge on any atom is 0.239 e. The summed E-state index contributed by atoms with van der Waals surface area (Å²) < 4.78 is 35.0. The second kappa shape index (κ2) is 12.8. The highest BCUT2D eigenvalue weighted by molar-refractivity contribution is 8.00. The van der Waals surface area contributed by atoms with Gasteiger partial charge in [0, 0.05) is 25.9 Å². The predicted octanol–water partition coefficient (Wildman–Crippen LogP) is 4.57. The van der Waals surface area contributed by atoms with E-state index in [0.29, 0.717) is 53.9 Å². The van der Waals surface area contributed by atoms with E-state index in [2.05, 4.69) is 14.9 Å². The van der Waals surface area contributed by atoms with E-state index in [1.807, 2.05) is 28.8 Å². The summed E-state index contributed by atoms with van der Waals surface area (Å²) in [4.78, 5) is 0. The summed E-state index contributed by atoms with van der Waals surface area (Å²) in [6, 6.07) is 11.9. The van der Waals surface area contributed by atoms with Crippen LogP contribution in [-0.2, 0) is 17.6 Å². The Labute approximate surface area is 203 Å². The van der Waals surface area contributed by atoms with E-state index < -0.39 is 5.82 Å². The number of methoxy groups -OCH3 is 3. The molecule has 1 aromatic heterocycles. The van der Waals surface area contributed by atoms with Crippen LogP contribution in [0, 0.1) is 17.1 Å². The fraction of sp³-hybridized carbons (Fsp3) is 0.375. The summed E-state index contributed by atoms with van der Waals surface area (Å²) in [7, 11) is 4.91. The van der Waals surface area contributed by atoms with E-state index in [1.165, 1.54) is 24.1 Å². The van der Waals surface area contributed by atoms with Gasteiger partial charge in [0.05, 0.1) is 25.9 Å². The number of nitrogens with one attached hydrogen (secondary N) is 1. The van der Waals surface area contributed by atoms with Gasteiger partial charge in [0.15, 0.2) is 0 Å². The number of aryl methyl sites for hydroxylation is 2. The zero-order valence-electron chi connectivity index (χ0n) is 19.5. The minimum Gasteiger partial charge on any atom is -0.494 e. The fourth-order valence-electron chi connectivity index (χ4n) is 3.51. The lowest BCUT2D eigenvalue weighted by Crippen LogP contribution is -2.09. The highest BCUT2D eigenvalue weighted by Crippen LogP contribution is 2.35. The molecule has 8 nitrogen and oxygen atoms in total. The second-order valence-electron chi connectivity index (χ2n) is 7.35. The Bertz CT molecular complexity index is 1110. The molecule has 0 aliphatic rings. The zero-order valence-corrected chi connectivity index (χ0v) is 20.3. The molecule has 1 heterocycles. The van der Waals surface area contributed by atoms with Crippen molar-refractivity contribution in [3.05, 3.63) is 59.2 Å². The first-order chi connectivity index (χ1) is 16.6. The Morgan fingerprint density at radius 2 is 1.82 bits per heavy atom. The Hall–Kier alpha value is -3.29.